The number of pyridine rings is 1. The average Bonchev–Trinajstić information content (AvgIpc) is 2.37. The third kappa shape index (κ3) is 2.83. The zero-order valence-corrected chi connectivity index (χ0v) is 11.5. The standard InChI is InChI=1S/C13H9BrF4N2/c14-9-2-1-3-10(15)11(9)12(19)7-6-20-5-4-8(7)13(16,17)18/h1-6,12H,19H2. The topological polar surface area (TPSA) is 38.9 Å². The van der Waals surface area contributed by atoms with Crippen LogP contribution in [0.5, 0.6) is 0 Å². The monoisotopic (exact) mass is 348 g/mol. The number of rotatable bonds is 2. The molecule has 2 N–H and O–H groups in total. The molecule has 1 atom stereocenters. The summed E-state index contributed by atoms with van der Waals surface area (Å²) >= 11 is 3.10. The summed E-state index contributed by atoms with van der Waals surface area (Å²) in [6.45, 7) is 0. The minimum atomic E-state index is -4.58. The third-order valence-corrected chi connectivity index (χ3v) is 3.49. The number of nitrogens with zero attached hydrogens (tertiary/aromatic N) is 1. The van der Waals surface area contributed by atoms with Crippen molar-refractivity contribution in [2.75, 3.05) is 0 Å². The summed E-state index contributed by atoms with van der Waals surface area (Å²) in [7, 11) is 0. The van der Waals surface area contributed by atoms with Crippen LogP contribution in [-0.2, 0) is 6.18 Å². The Morgan fingerprint density at radius 3 is 2.50 bits per heavy atom. The molecule has 1 heterocycles. The van der Waals surface area contributed by atoms with Gasteiger partial charge in [-0.3, -0.25) is 4.98 Å². The van der Waals surface area contributed by atoms with Crippen LogP contribution in [-0.4, -0.2) is 4.98 Å². The van der Waals surface area contributed by atoms with Gasteiger partial charge in [0.15, 0.2) is 0 Å². The molecule has 0 aliphatic rings. The van der Waals surface area contributed by atoms with Gasteiger partial charge >= 0.3 is 6.18 Å². The maximum Gasteiger partial charge on any atom is 0.416 e. The summed E-state index contributed by atoms with van der Waals surface area (Å²) in [4.78, 5) is 3.65. The summed E-state index contributed by atoms with van der Waals surface area (Å²) in [6.07, 6.45) is -2.55. The molecule has 1 aromatic heterocycles. The average molecular weight is 349 g/mol. The molecular formula is C13H9BrF4N2. The number of alkyl halides is 3. The third-order valence-electron chi connectivity index (χ3n) is 2.80. The second kappa shape index (κ2) is 5.49. The number of halogens is 5. The van der Waals surface area contributed by atoms with E-state index in [1.54, 1.807) is 0 Å². The molecule has 2 aromatic rings. The van der Waals surface area contributed by atoms with E-state index in [0.29, 0.717) is 4.47 Å². The summed E-state index contributed by atoms with van der Waals surface area (Å²) in [5.41, 5.74) is 4.58. The van der Waals surface area contributed by atoms with Gasteiger partial charge in [0.1, 0.15) is 5.82 Å². The lowest BCUT2D eigenvalue weighted by Crippen LogP contribution is -2.20. The second-order valence-electron chi connectivity index (χ2n) is 4.07. The van der Waals surface area contributed by atoms with E-state index in [-0.39, 0.29) is 11.1 Å². The molecule has 2 nitrogen and oxygen atoms in total. The fraction of sp³-hybridized carbons (Fsp3) is 0.154. The van der Waals surface area contributed by atoms with Crippen LogP contribution in [0, 0.1) is 5.82 Å². The van der Waals surface area contributed by atoms with Crippen LogP contribution in [0.25, 0.3) is 0 Å². The van der Waals surface area contributed by atoms with Crippen molar-refractivity contribution in [2.45, 2.75) is 12.2 Å². The van der Waals surface area contributed by atoms with Crippen molar-refractivity contribution in [2.24, 2.45) is 5.73 Å². The Labute approximate surface area is 120 Å². The van der Waals surface area contributed by atoms with E-state index in [1.165, 1.54) is 12.1 Å². The Hall–Kier alpha value is -1.47. The van der Waals surface area contributed by atoms with Crippen molar-refractivity contribution in [1.82, 2.24) is 4.98 Å². The molecule has 0 saturated carbocycles. The lowest BCUT2D eigenvalue weighted by atomic mass is 9.96. The van der Waals surface area contributed by atoms with E-state index in [9.17, 15) is 17.6 Å². The van der Waals surface area contributed by atoms with Crippen LogP contribution in [0.15, 0.2) is 41.1 Å². The van der Waals surface area contributed by atoms with Crippen LogP contribution < -0.4 is 5.73 Å². The van der Waals surface area contributed by atoms with Crippen molar-refractivity contribution < 1.29 is 17.6 Å². The molecule has 1 aromatic carbocycles. The van der Waals surface area contributed by atoms with Gasteiger partial charge < -0.3 is 5.73 Å². The molecule has 7 heteroatoms. The van der Waals surface area contributed by atoms with E-state index in [1.807, 2.05) is 0 Å². The zero-order valence-electron chi connectivity index (χ0n) is 9.96. The minimum absolute atomic E-state index is 0.0361. The fourth-order valence-electron chi connectivity index (χ4n) is 1.88. The van der Waals surface area contributed by atoms with Crippen LogP contribution in [0.4, 0.5) is 17.6 Å². The molecule has 20 heavy (non-hydrogen) atoms. The first-order valence-corrected chi connectivity index (χ1v) is 6.32. The number of aromatic nitrogens is 1. The Balaban J connectivity index is 2.58. The van der Waals surface area contributed by atoms with Gasteiger partial charge in [0.05, 0.1) is 11.6 Å². The molecular weight excluding hydrogens is 340 g/mol. The first-order valence-electron chi connectivity index (χ1n) is 5.53. The number of hydrogen-bond donors (Lipinski definition) is 1. The van der Waals surface area contributed by atoms with Gasteiger partial charge in [-0.05, 0) is 18.2 Å². The Morgan fingerprint density at radius 2 is 1.90 bits per heavy atom. The Kier molecular flexibility index (Phi) is 4.10. The number of nitrogens with two attached hydrogens (primary N) is 1. The number of benzene rings is 1. The summed E-state index contributed by atoms with van der Waals surface area (Å²) in [6, 6.07) is 3.65. The molecule has 1 unspecified atom stereocenters. The maximum atomic E-state index is 13.8. The molecule has 0 amide bonds. The van der Waals surface area contributed by atoms with Crippen molar-refractivity contribution in [3.8, 4) is 0 Å². The van der Waals surface area contributed by atoms with Gasteiger partial charge in [-0.15, -0.1) is 0 Å². The Bertz CT molecular complexity index is 608. The van der Waals surface area contributed by atoms with Gasteiger partial charge in [0.2, 0.25) is 0 Å². The smallest absolute Gasteiger partial charge is 0.320 e. The molecule has 0 bridgehead atoms. The molecule has 0 aliphatic carbocycles. The van der Waals surface area contributed by atoms with Crippen LogP contribution >= 0.6 is 15.9 Å². The van der Waals surface area contributed by atoms with E-state index >= 15 is 0 Å². The van der Waals surface area contributed by atoms with Crippen molar-refractivity contribution in [1.29, 1.82) is 0 Å². The molecule has 0 aliphatic heterocycles. The van der Waals surface area contributed by atoms with Gasteiger partial charge in [0, 0.05) is 28.0 Å². The summed E-state index contributed by atoms with van der Waals surface area (Å²) < 4.78 is 52.9. The van der Waals surface area contributed by atoms with Gasteiger partial charge in [-0.1, -0.05) is 22.0 Å². The van der Waals surface area contributed by atoms with Crippen molar-refractivity contribution in [3.05, 3.63) is 63.6 Å². The van der Waals surface area contributed by atoms with Crippen molar-refractivity contribution in [3.63, 3.8) is 0 Å². The fourth-order valence-corrected chi connectivity index (χ4v) is 2.46. The van der Waals surface area contributed by atoms with Gasteiger partial charge in [-0.2, -0.15) is 13.2 Å². The molecule has 0 radical (unpaired) electrons. The zero-order chi connectivity index (χ0) is 14.9. The lowest BCUT2D eigenvalue weighted by Gasteiger charge is -2.19. The highest BCUT2D eigenvalue weighted by atomic mass is 79.9. The molecule has 0 fully saturated rings. The van der Waals surface area contributed by atoms with Gasteiger partial charge in [-0.25, -0.2) is 4.39 Å². The summed E-state index contributed by atoms with van der Waals surface area (Å²) in [5.74, 6) is -0.677. The predicted octanol–water partition coefficient (Wildman–Crippen LogP) is 4.05. The van der Waals surface area contributed by atoms with E-state index in [0.717, 1.165) is 24.5 Å². The first kappa shape index (κ1) is 14.9. The molecule has 2 rings (SSSR count). The molecule has 0 saturated heterocycles. The van der Waals surface area contributed by atoms with E-state index in [4.69, 9.17) is 5.73 Å². The molecule has 0 spiro atoms. The SMILES string of the molecule is NC(c1cnccc1C(F)(F)F)c1c(F)cccc1Br. The first-order chi connectivity index (χ1) is 9.32. The maximum absolute atomic E-state index is 13.8. The lowest BCUT2D eigenvalue weighted by molar-refractivity contribution is -0.138. The largest absolute Gasteiger partial charge is 0.416 e. The van der Waals surface area contributed by atoms with E-state index < -0.39 is 23.6 Å². The van der Waals surface area contributed by atoms with Crippen LogP contribution in [0.2, 0.25) is 0 Å². The van der Waals surface area contributed by atoms with Crippen molar-refractivity contribution >= 4 is 15.9 Å². The quantitative estimate of drug-likeness (QED) is 0.831. The minimum Gasteiger partial charge on any atom is -0.320 e. The summed E-state index contributed by atoms with van der Waals surface area (Å²) in [5, 5.41) is 0. The highest BCUT2D eigenvalue weighted by molar-refractivity contribution is 9.10. The van der Waals surface area contributed by atoms with Crippen LogP contribution in [0.1, 0.15) is 22.7 Å². The second-order valence-corrected chi connectivity index (χ2v) is 4.93. The highest BCUT2D eigenvalue weighted by Crippen LogP contribution is 2.37. The van der Waals surface area contributed by atoms with E-state index in [2.05, 4.69) is 20.9 Å². The normalized spacial score (nSPS) is 13.3. The van der Waals surface area contributed by atoms with Gasteiger partial charge in [0.25, 0.3) is 0 Å². The Morgan fingerprint density at radius 1 is 1.20 bits per heavy atom. The molecule has 106 valence electrons. The number of hydrogen-bond acceptors (Lipinski definition) is 2. The predicted molar refractivity (Wildman–Crippen MR) is 69.4 cm³/mol. The van der Waals surface area contributed by atoms with Crippen LogP contribution in [0.3, 0.4) is 0 Å². The highest BCUT2D eigenvalue weighted by Gasteiger charge is 2.35.